The summed E-state index contributed by atoms with van der Waals surface area (Å²) in [5.41, 5.74) is 7.47. The zero-order chi connectivity index (χ0) is 50.5. The van der Waals surface area contributed by atoms with Crippen molar-refractivity contribution in [1.82, 2.24) is 54.6 Å². The maximum absolute atomic E-state index is 14.5. The second-order valence-corrected chi connectivity index (χ2v) is 21.5. The lowest BCUT2D eigenvalue weighted by Gasteiger charge is -2.35. The third-order valence-electron chi connectivity index (χ3n) is 14.3. The molecule has 72 heavy (non-hydrogen) atoms. The topological polar surface area (TPSA) is 179 Å². The number of thiophene rings is 1. The van der Waals surface area contributed by atoms with Gasteiger partial charge < -0.3 is 24.8 Å². The molecular weight excluding hydrogens is 948 g/mol. The van der Waals surface area contributed by atoms with Crippen molar-refractivity contribution in [1.29, 1.82) is 0 Å². The van der Waals surface area contributed by atoms with Gasteiger partial charge in [-0.25, -0.2) is 9.97 Å². The van der Waals surface area contributed by atoms with Gasteiger partial charge in [0, 0.05) is 88.6 Å². The lowest BCUT2D eigenvalue weighted by atomic mass is 9.89. The number of carbonyl (C=O) groups is 3. The van der Waals surface area contributed by atoms with E-state index in [4.69, 9.17) is 26.4 Å². The van der Waals surface area contributed by atoms with Crippen LogP contribution < -0.4 is 15.4 Å². The summed E-state index contributed by atoms with van der Waals surface area (Å²) < 4.78 is 12.1. The molecule has 1 aliphatic carbocycles. The first kappa shape index (κ1) is 48.6. The number of hydrogen-bond acceptors (Lipinski definition) is 11. The van der Waals surface area contributed by atoms with Gasteiger partial charge in [-0.3, -0.25) is 28.6 Å². The molecule has 2 N–H and O–H groups in total. The summed E-state index contributed by atoms with van der Waals surface area (Å²) in [5.74, 6) is 2.34. The minimum Gasteiger partial charge on any atom is -0.474 e. The van der Waals surface area contributed by atoms with Crippen molar-refractivity contribution < 1.29 is 19.1 Å². The summed E-state index contributed by atoms with van der Waals surface area (Å²) in [6.07, 6.45) is 10.8. The molecule has 16 nitrogen and oxygen atoms in total. The number of imidazole rings is 1. The van der Waals surface area contributed by atoms with Crippen molar-refractivity contribution in [2.75, 3.05) is 6.54 Å². The molecule has 7 aromatic rings. The van der Waals surface area contributed by atoms with Crippen molar-refractivity contribution in [3.05, 3.63) is 141 Å². The Morgan fingerprint density at radius 3 is 2.38 bits per heavy atom. The lowest BCUT2D eigenvalue weighted by Crippen LogP contribution is -2.49. The zero-order valence-corrected chi connectivity index (χ0v) is 43.3. The van der Waals surface area contributed by atoms with Gasteiger partial charge in [-0.2, -0.15) is 5.10 Å². The fourth-order valence-electron chi connectivity index (χ4n) is 10.2. The van der Waals surface area contributed by atoms with E-state index in [-0.39, 0.29) is 54.2 Å². The van der Waals surface area contributed by atoms with Crippen molar-refractivity contribution in [2.24, 2.45) is 16.8 Å². The molecule has 0 unspecified atom stereocenters. The average Bonchev–Trinajstić information content (AvgIpc) is 4.19. The lowest BCUT2D eigenvalue weighted by molar-refractivity contribution is -0.142. The molecule has 10 rings (SSSR count). The first-order chi connectivity index (χ1) is 34.6. The van der Waals surface area contributed by atoms with Crippen LogP contribution in [0.1, 0.15) is 116 Å². The number of pyridine rings is 1. The van der Waals surface area contributed by atoms with Gasteiger partial charge >= 0.3 is 0 Å². The van der Waals surface area contributed by atoms with Gasteiger partial charge in [0.15, 0.2) is 5.82 Å². The molecule has 1 saturated heterocycles. The Morgan fingerprint density at radius 2 is 1.65 bits per heavy atom. The number of nitrogens with one attached hydrogen (secondary N) is 2. The number of aromatic nitrogens is 8. The summed E-state index contributed by atoms with van der Waals surface area (Å²) in [4.78, 5) is 59.2. The van der Waals surface area contributed by atoms with Gasteiger partial charge in [0.1, 0.15) is 40.9 Å². The van der Waals surface area contributed by atoms with E-state index in [0.717, 1.165) is 61.4 Å². The second kappa shape index (κ2) is 19.9. The number of fused-ring (bicyclic) bond motifs is 3. The van der Waals surface area contributed by atoms with E-state index in [2.05, 4.69) is 51.6 Å². The van der Waals surface area contributed by atoms with Crippen LogP contribution in [-0.4, -0.2) is 92.1 Å². The molecule has 372 valence electrons. The Hall–Kier alpha value is -6.98. The Balaban J connectivity index is 0.762. The summed E-state index contributed by atoms with van der Waals surface area (Å²) in [6, 6.07) is 17.3. The van der Waals surface area contributed by atoms with Gasteiger partial charge in [0.05, 0.1) is 24.4 Å². The number of likely N-dealkylation sites (tertiary alicyclic amines) is 1. The van der Waals surface area contributed by atoms with E-state index in [1.54, 1.807) is 39.5 Å². The minimum absolute atomic E-state index is 0.0748. The van der Waals surface area contributed by atoms with Crippen molar-refractivity contribution in [3.63, 3.8) is 0 Å². The Kier molecular flexibility index (Phi) is 13.4. The number of ether oxygens (including phenoxy) is 1. The standard InChI is InChI=1S/C54H59ClN12O4S/c1-29(2)50(53(70)65-27-30(3)21-45(65)52(69)59-32(5)36-11-15-42(16-12-36)64-20-19-56-34(64)7)66-28-39(26-58-66)38-17-18-57-47(22-38)71-43-23-41(24-43)60-46(68)25-44-51-63-62-35(8)67(51)54-48(31(4)33(6)72-54)49(61-44)37-9-13-40(55)14-10-37/h9-20,22,26,28-30,32,41,43-45,50H,21,23-25,27H2,1-8H3,(H,59,69)(H,60,68)/t30-,32+,41-,43+,44+,45+,50+/m1/s1. The van der Waals surface area contributed by atoms with E-state index < -0.39 is 18.1 Å². The molecular formula is C54H59ClN12O4S. The zero-order valence-electron chi connectivity index (χ0n) is 41.7. The van der Waals surface area contributed by atoms with Crippen molar-refractivity contribution in [2.45, 2.75) is 117 Å². The van der Waals surface area contributed by atoms with Gasteiger partial charge in [-0.15, -0.1) is 21.5 Å². The number of rotatable bonds is 14. The molecule has 5 atom stereocenters. The molecule has 7 heterocycles. The van der Waals surface area contributed by atoms with Gasteiger partial charge in [0.2, 0.25) is 23.6 Å². The summed E-state index contributed by atoms with van der Waals surface area (Å²) in [6.45, 7) is 16.6. The fraction of sp³-hybridized carbons (Fsp3) is 0.389. The van der Waals surface area contributed by atoms with Crippen LogP contribution in [0, 0.1) is 39.5 Å². The normalized spacial score (nSPS) is 20.2. The van der Waals surface area contributed by atoms with Gasteiger partial charge in [-0.05, 0) is 99.9 Å². The molecule has 1 saturated carbocycles. The van der Waals surface area contributed by atoms with Gasteiger partial charge in [-0.1, -0.05) is 56.6 Å². The van der Waals surface area contributed by atoms with Crippen LogP contribution in [0.5, 0.6) is 5.88 Å². The monoisotopic (exact) mass is 1010 g/mol. The highest BCUT2D eigenvalue weighted by molar-refractivity contribution is 7.15. The fourth-order valence-corrected chi connectivity index (χ4v) is 11.6. The predicted octanol–water partition coefficient (Wildman–Crippen LogP) is 8.98. The molecule has 3 aliphatic rings. The molecule has 3 amide bonds. The van der Waals surface area contributed by atoms with Crippen LogP contribution >= 0.6 is 22.9 Å². The average molecular weight is 1010 g/mol. The third kappa shape index (κ3) is 9.59. The predicted molar refractivity (Wildman–Crippen MR) is 277 cm³/mol. The van der Waals surface area contributed by atoms with E-state index >= 15 is 0 Å². The maximum Gasteiger partial charge on any atom is 0.248 e. The van der Waals surface area contributed by atoms with E-state index in [9.17, 15) is 14.4 Å². The highest BCUT2D eigenvalue weighted by atomic mass is 35.5. The molecule has 5 aromatic heterocycles. The van der Waals surface area contributed by atoms with Crippen LogP contribution in [0.2, 0.25) is 5.02 Å². The summed E-state index contributed by atoms with van der Waals surface area (Å²) >= 11 is 7.96. The number of hydrogen-bond donors (Lipinski definition) is 2. The van der Waals surface area contributed by atoms with Crippen LogP contribution in [0.3, 0.4) is 0 Å². The highest BCUT2D eigenvalue weighted by Crippen LogP contribution is 2.40. The van der Waals surface area contributed by atoms with Crippen LogP contribution in [0.4, 0.5) is 0 Å². The second-order valence-electron chi connectivity index (χ2n) is 19.9. The highest BCUT2D eigenvalue weighted by Gasteiger charge is 2.42. The van der Waals surface area contributed by atoms with E-state index in [0.29, 0.717) is 42.5 Å². The molecule has 2 aromatic carbocycles. The third-order valence-corrected chi connectivity index (χ3v) is 15.7. The van der Waals surface area contributed by atoms with Crippen molar-refractivity contribution in [3.8, 4) is 27.7 Å². The van der Waals surface area contributed by atoms with Crippen LogP contribution in [0.25, 0.3) is 21.8 Å². The van der Waals surface area contributed by atoms with E-state index in [1.807, 2.05) is 117 Å². The summed E-state index contributed by atoms with van der Waals surface area (Å²) in [5, 5.41) is 21.7. The minimum atomic E-state index is -0.625. The smallest absolute Gasteiger partial charge is 0.248 e. The molecule has 0 bridgehead atoms. The van der Waals surface area contributed by atoms with Gasteiger partial charge in [0.25, 0.3) is 0 Å². The number of aliphatic imine (C=N–C) groups is 1. The first-order valence-corrected chi connectivity index (χ1v) is 25.8. The first-order valence-electron chi connectivity index (χ1n) is 24.6. The number of carbonyl (C=O) groups excluding carboxylic acids is 3. The maximum atomic E-state index is 14.5. The molecule has 2 fully saturated rings. The number of aryl methyl sites for hydroxylation is 3. The SMILES string of the molecule is Cc1sc2c(c1C)C(c1ccc(Cl)cc1)=N[C@@H](CC(=O)N[C@H]1C[C@@H](Oc3cc(-c4cnn([C@H](C(=O)N5C[C@H](C)C[C@H]5C(=O)N[C@@H](C)c5ccc(-n6ccnc6C)cc5)C(C)C)c4)ccn3)C1)c1nnc(C)n1-2. The summed E-state index contributed by atoms with van der Waals surface area (Å²) in [7, 11) is 0. The Morgan fingerprint density at radius 1 is 0.889 bits per heavy atom. The number of nitrogens with zero attached hydrogens (tertiary/aromatic N) is 10. The number of halogens is 1. The quantitative estimate of drug-likeness (QED) is 0.108. The number of amides is 3. The molecule has 2 aliphatic heterocycles. The van der Waals surface area contributed by atoms with Crippen LogP contribution in [0.15, 0.2) is 96.6 Å². The number of benzene rings is 2. The van der Waals surface area contributed by atoms with E-state index in [1.165, 1.54) is 4.88 Å². The Bertz CT molecular complexity index is 3180. The van der Waals surface area contributed by atoms with Crippen LogP contribution in [-0.2, 0) is 14.4 Å². The molecule has 0 spiro atoms. The Labute approximate surface area is 427 Å². The largest absolute Gasteiger partial charge is 0.474 e. The van der Waals surface area contributed by atoms with Crippen molar-refractivity contribution >= 4 is 46.4 Å². The molecule has 18 heteroatoms. The molecule has 0 radical (unpaired) electrons.